The molecule has 0 saturated carbocycles. The van der Waals surface area contributed by atoms with Crippen LogP contribution in [0.15, 0.2) is 31.0 Å². The Bertz CT molecular complexity index is 672. The van der Waals surface area contributed by atoms with Gasteiger partial charge in [-0.25, -0.2) is 4.98 Å². The lowest BCUT2D eigenvalue weighted by molar-refractivity contribution is 0.0787. The van der Waals surface area contributed by atoms with Crippen molar-refractivity contribution in [2.24, 2.45) is 0 Å². The second-order valence-electron chi connectivity index (χ2n) is 5.68. The van der Waals surface area contributed by atoms with Gasteiger partial charge in [0.1, 0.15) is 5.69 Å². The Labute approximate surface area is 129 Å². The van der Waals surface area contributed by atoms with Crippen LogP contribution in [0.1, 0.15) is 40.1 Å². The number of carbonyl (C=O) groups excluding carboxylic acids is 2. The van der Waals surface area contributed by atoms with Gasteiger partial charge >= 0.3 is 0 Å². The summed E-state index contributed by atoms with van der Waals surface area (Å²) in [7, 11) is 1.75. The van der Waals surface area contributed by atoms with Crippen molar-refractivity contribution in [2.45, 2.75) is 32.4 Å². The standard InChI is InChI=1S/C16H20N4O2/c1-18-9-5-14(21)13-4-10-20(15(13)16(18)22)8-3-2-7-19-11-6-17-12-19/h4,6,10-12H,2-3,5,7-9H2,1H3. The Kier molecular flexibility index (Phi) is 4.09. The highest BCUT2D eigenvalue weighted by atomic mass is 16.2. The summed E-state index contributed by atoms with van der Waals surface area (Å²) in [5, 5.41) is 0. The first-order valence-electron chi connectivity index (χ1n) is 7.60. The summed E-state index contributed by atoms with van der Waals surface area (Å²) in [6.07, 6.45) is 9.73. The van der Waals surface area contributed by atoms with E-state index in [0.717, 1.165) is 25.9 Å². The fourth-order valence-electron chi connectivity index (χ4n) is 2.80. The fourth-order valence-corrected chi connectivity index (χ4v) is 2.80. The second kappa shape index (κ2) is 6.17. The van der Waals surface area contributed by atoms with Crippen molar-refractivity contribution in [3.8, 4) is 0 Å². The molecule has 1 aliphatic heterocycles. The van der Waals surface area contributed by atoms with Crippen LogP contribution in [0.5, 0.6) is 0 Å². The number of nitrogens with zero attached hydrogens (tertiary/aromatic N) is 4. The van der Waals surface area contributed by atoms with Crippen molar-refractivity contribution in [3.05, 3.63) is 42.2 Å². The molecule has 6 nitrogen and oxygen atoms in total. The van der Waals surface area contributed by atoms with Gasteiger partial charge < -0.3 is 14.0 Å². The Morgan fingerprint density at radius 3 is 2.77 bits per heavy atom. The van der Waals surface area contributed by atoms with E-state index >= 15 is 0 Å². The highest BCUT2D eigenvalue weighted by molar-refractivity contribution is 6.08. The Morgan fingerprint density at radius 2 is 2.00 bits per heavy atom. The van der Waals surface area contributed by atoms with E-state index in [1.54, 1.807) is 30.5 Å². The van der Waals surface area contributed by atoms with Crippen LogP contribution in [0.2, 0.25) is 0 Å². The summed E-state index contributed by atoms with van der Waals surface area (Å²) >= 11 is 0. The quantitative estimate of drug-likeness (QED) is 0.791. The molecule has 0 aliphatic carbocycles. The maximum Gasteiger partial charge on any atom is 0.270 e. The number of aryl methyl sites for hydroxylation is 2. The number of fused-ring (bicyclic) bond motifs is 1. The normalized spacial score (nSPS) is 15.0. The number of rotatable bonds is 5. The molecule has 1 aliphatic rings. The maximum atomic E-state index is 12.4. The molecule has 0 aromatic carbocycles. The van der Waals surface area contributed by atoms with Gasteiger partial charge in [-0.2, -0.15) is 0 Å². The first kappa shape index (κ1) is 14.6. The molecular weight excluding hydrogens is 280 g/mol. The number of Topliss-reactive ketones (excluding diaryl/α,β-unsaturated/α-hetero) is 1. The van der Waals surface area contributed by atoms with E-state index in [2.05, 4.69) is 4.98 Å². The van der Waals surface area contributed by atoms with Gasteiger partial charge in [0.2, 0.25) is 0 Å². The van der Waals surface area contributed by atoms with Crippen molar-refractivity contribution < 1.29 is 9.59 Å². The molecule has 6 heteroatoms. The summed E-state index contributed by atoms with van der Waals surface area (Å²) in [5.41, 5.74) is 1.12. The molecule has 0 bridgehead atoms. The third kappa shape index (κ3) is 2.81. The Hall–Kier alpha value is -2.37. The van der Waals surface area contributed by atoms with Gasteiger partial charge in [0.15, 0.2) is 5.78 Å². The summed E-state index contributed by atoms with van der Waals surface area (Å²) in [6.45, 7) is 2.15. The molecule has 116 valence electrons. The molecule has 0 N–H and O–H groups in total. The van der Waals surface area contributed by atoms with Gasteiger partial charge in [-0.15, -0.1) is 0 Å². The van der Waals surface area contributed by atoms with E-state index < -0.39 is 0 Å². The zero-order valence-corrected chi connectivity index (χ0v) is 12.7. The van der Waals surface area contributed by atoms with Crippen molar-refractivity contribution >= 4 is 11.7 Å². The largest absolute Gasteiger partial charge is 0.343 e. The number of hydrogen-bond acceptors (Lipinski definition) is 3. The van der Waals surface area contributed by atoms with E-state index in [9.17, 15) is 9.59 Å². The third-order valence-electron chi connectivity index (χ3n) is 4.11. The molecule has 0 atom stereocenters. The molecule has 0 radical (unpaired) electrons. The van der Waals surface area contributed by atoms with Gasteiger partial charge in [0.05, 0.1) is 6.33 Å². The second-order valence-corrected chi connectivity index (χ2v) is 5.68. The third-order valence-corrected chi connectivity index (χ3v) is 4.11. The molecule has 3 heterocycles. The highest BCUT2D eigenvalue weighted by Gasteiger charge is 2.27. The smallest absolute Gasteiger partial charge is 0.270 e. The van der Waals surface area contributed by atoms with Crippen LogP contribution in [0.25, 0.3) is 0 Å². The number of aromatic nitrogens is 3. The van der Waals surface area contributed by atoms with Crippen LogP contribution in [0, 0.1) is 0 Å². The number of amides is 1. The maximum absolute atomic E-state index is 12.4. The molecule has 0 saturated heterocycles. The predicted molar refractivity (Wildman–Crippen MR) is 81.8 cm³/mol. The minimum atomic E-state index is -0.0551. The molecular formula is C16H20N4O2. The summed E-state index contributed by atoms with van der Waals surface area (Å²) < 4.78 is 3.96. The van der Waals surface area contributed by atoms with E-state index in [4.69, 9.17) is 0 Å². The van der Waals surface area contributed by atoms with E-state index in [0.29, 0.717) is 24.2 Å². The summed E-state index contributed by atoms with van der Waals surface area (Å²) in [4.78, 5) is 30.2. The zero-order chi connectivity index (χ0) is 15.5. The lowest BCUT2D eigenvalue weighted by Gasteiger charge is -2.15. The van der Waals surface area contributed by atoms with Crippen LogP contribution in [0.3, 0.4) is 0 Å². The number of unbranched alkanes of at least 4 members (excludes halogenated alkanes) is 1. The molecule has 3 rings (SSSR count). The van der Waals surface area contributed by atoms with Crippen LogP contribution >= 0.6 is 0 Å². The monoisotopic (exact) mass is 300 g/mol. The Morgan fingerprint density at radius 1 is 1.18 bits per heavy atom. The number of hydrogen-bond donors (Lipinski definition) is 0. The molecule has 2 aromatic rings. The first-order chi connectivity index (χ1) is 10.7. The lowest BCUT2D eigenvalue weighted by atomic mass is 10.1. The van der Waals surface area contributed by atoms with Gasteiger partial charge in [-0.05, 0) is 18.9 Å². The number of imidazole rings is 1. The molecule has 0 spiro atoms. The van der Waals surface area contributed by atoms with Gasteiger partial charge in [0.25, 0.3) is 5.91 Å². The van der Waals surface area contributed by atoms with Crippen LogP contribution in [-0.4, -0.2) is 44.3 Å². The summed E-state index contributed by atoms with van der Waals surface area (Å²) in [6, 6.07) is 1.78. The van der Waals surface area contributed by atoms with Crippen LogP contribution in [0.4, 0.5) is 0 Å². The molecule has 0 unspecified atom stereocenters. The molecule has 0 fully saturated rings. The van der Waals surface area contributed by atoms with Crippen molar-refractivity contribution in [3.63, 3.8) is 0 Å². The number of ketones is 1. The SMILES string of the molecule is CN1CCC(=O)c2ccn(CCCCn3ccnc3)c2C1=O. The van der Waals surface area contributed by atoms with E-state index in [1.165, 1.54) is 0 Å². The first-order valence-corrected chi connectivity index (χ1v) is 7.60. The highest BCUT2D eigenvalue weighted by Crippen LogP contribution is 2.20. The average Bonchev–Trinajstić information content (AvgIpc) is 3.15. The lowest BCUT2D eigenvalue weighted by Crippen LogP contribution is -2.28. The molecule has 22 heavy (non-hydrogen) atoms. The summed E-state index contributed by atoms with van der Waals surface area (Å²) in [5.74, 6) is 0.00493. The zero-order valence-electron chi connectivity index (χ0n) is 12.7. The molecule has 2 aromatic heterocycles. The van der Waals surface area contributed by atoms with Crippen molar-refractivity contribution in [1.82, 2.24) is 19.0 Å². The van der Waals surface area contributed by atoms with Crippen LogP contribution in [-0.2, 0) is 13.1 Å². The van der Waals surface area contributed by atoms with Crippen molar-refractivity contribution in [2.75, 3.05) is 13.6 Å². The topological polar surface area (TPSA) is 60.1 Å². The van der Waals surface area contributed by atoms with Gasteiger partial charge in [-0.1, -0.05) is 0 Å². The van der Waals surface area contributed by atoms with Gasteiger partial charge in [0, 0.05) is 57.3 Å². The Balaban J connectivity index is 1.67. The van der Waals surface area contributed by atoms with Gasteiger partial charge in [-0.3, -0.25) is 9.59 Å². The predicted octanol–water partition coefficient (Wildman–Crippen LogP) is 1.82. The van der Waals surface area contributed by atoms with Crippen LogP contribution < -0.4 is 0 Å². The average molecular weight is 300 g/mol. The molecule has 1 amide bonds. The fraction of sp³-hybridized carbons (Fsp3) is 0.438. The van der Waals surface area contributed by atoms with E-state index in [-0.39, 0.29) is 11.7 Å². The minimum Gasteiger partial charge on any atom is -0.343 e. The number of carbonyl (C=O) groups is 2. The minimum absolute atomic E-state index is 0.0551. The van der Waals surface area contributed by atoms with Crippen molar-refractivity contribution in [1.29, 1.82) is 0 Å². The van der Waals surface area contributed by atoms with E-state index in [1.807, 2.05) is 21.5 Å².